The molecule has 0 aliphatic rings. The van der Waals surface area contributed by atoms with Crippen LogP contribution in [0.5, 0.6) is 0 Å². The molecular weight excluding hydrogens is 558 g/mol. The van der Waals surface area contributed by atoms with E-state index >= 15 is 0 Å². The van der Waals surface area contributed by atoms with Gasteiger partial charge in [-0.1, -0.05) is 30.3 Å². The highest BCUT2D eigenvalue weighted by atomic mass is 16.5. The monoisotopic (exact) mass is 589 g/mol. The molecule has 0 radical (unpaired) electrons. The van der Waals surface area contributed by atoms with Crippen molar-refractivity contribution in [1.29, 1.82) is 0 Å². The first-order chi connectivity index (χ1) is 21.1. The van der Waals surface area contributed by atoms with Gasteiger partial charge in [-0.15, -0.1) is 0 Å². The maximum Gasteiger partial charge on any atom is 0.290 e. The molecule has 4 aromatic heterocycles. The zero-order valence-corrected chi connectivity index (χ0v) is 25.0. The summed E-state index contributed by atoms with van der Waals surface area (Å²) < 4.78 is 10.3. The zero-order valence-electron chi connectivity index (χ0n) is 25.0. The number of pyridine rings is 1. The van der Waals surface area contributed by atoms with Gasteiger partial charge in [0, 0.05) is 60.9 Å². The van der Waals surface area contributed by atoms with Gasteiger partial charge < -0.3 is 19.7 Å². The van der Waals surface area contributed by atoms with Crippen molar-refractivity contribution < 1.29 is 14.1 Å². The fraction of sp³-hybridized carbons (Fsp3) is 0.182. The molecule has 222 valence electrons. The van der Waals surface area contributed by atoms with Gasteiger partial charge in [-0.25, -0.2) is 4.98 Å². The molecule has 0 fully saturated rings. The van der Waals surface area contributed by atoms with Gasteiger partial charge in [0.05, 0.1) is 11.1 Å². The summed E-state index contributed by atoms with van der Waals surface area (Å²) in [4.78, 5) is 43.7. The van der Waals surface area contributed by atoms with Crippen molar-refractivity contribution >= 4 is 34.2 Å². The van der Waals surface area contributed by atoms with Crippen LogP contribution in [0.2, 0.25) is 0 Å². The molecule has 6 rings (SSSR count). The van der Waals surface area contributed by atoms with Gasteiger partial charge >= 0.3 is 0 Å². The molecule has 0 aliphatic carbocycles. The first-order valence-electron chi connectivity index (χ1n) is 14.1. The summed E-state index contributed by atoms with van der Waals surface area (Å²) >= 11 is 0. The van der Waals surface area contributed by atoms with Gasteiger partial charge in [-0.05, 0) is 62.2 Å². The van der Waals surface area contributed by atoms with E-state index in [9.17, 15) is 14.4 Å². The number of nitrogens with zero attached hydrogens (tertiary/aromatic N) is 5. The van der Waals surface area contributed by atoms with Crippen molar-refractivity contribution in [2.75, 3.05) is 10.6 Å². The number of fused-ring (bicyclic) bond motifs is 1. The summed E-state index contributed by atoms with van der Waals surface area (Å²) in [5, 5.41) is 10.7. The zero-order chi connectivity index (χ0) is 31.1. The number of carbonyl (C=O) groups excluding carboxylic acids is 2. The minimum Gasteiger partial charge on any atom is -0.381 e. The van der Waals surface area contributed by atoms with Crippen molar-refractivity contribution in [3.63, 3.8) is 0 Å². The highest BCUT2D eigenvalue weighted by Crippen LogP contribution is 2.32. The van der Waals surface area contributed by atoms with E-state index in [1.54, 1.807) is 62.2 Å². The lowest BCUT2D eigenvalue weighted by atomic mass is 10.0. The number of hydrogen-bond acceptors (Lipinski definition) is 6. The molecule has 11 heteroatoms. The Morgan fingerprint density at radius 2 is 1.66 bits per heavy atom. The molecule has 0 saturated carbocycles. The molecule has 2 N–H and O–H groups in total. The van der Waals surface area contributed by atoms with Crippen LogP contribution in [0.1, 0.15) is 39.2 Å². The molecule has 6 aromatic rings. The molecule has 0 unspecified atom stereocenters. The first-order valence-corrected chi connectivity index (χ1v) is 14.1. The minimum absolute atomic E-state index is 0.186. The normalized spacial score (nSPS) is 11.2. The summed E-state index contributed by atoms with van der Waals surface area (Å²) in [6, 6.07) is 20.1. The van der Waals surface area contributed by atoms with Gasteiger partial charge in [-0.2, -0.15) is 9.84 Å². The van der Waals surface area contributed by atoms with Crippen LogP contribution < -0.4 is 16.2 Å². The van der Waals surface area contributed by atoms with E-state index < -0.39 is 0 Å². The van der Waals surface area contributed by atoms with Crippen LogP contribution in [0, 0.1) is 13.8 Å². The van der Waals surface area contributed by atoms with Crippen LogP contribution in [-0.4, -0.2) is 35.9 Å². The topological polar surface area (TPSA) is 129 Å². The fourth-order valence-electron chi connectivity index (χ4n) is 5.49. The third-order valence-electron chi connectivity index (χ3n) is 7.47. The number of aryl methyl sites for hydroxylation is 5. The Bertz CT molecular complexity index is 2110. The van der Waals surface area contributed by atoms with Crippen LogP contribution in [0.25, 0.3) is 33.3 Å². The van der Waals surface area contributed by atoms with E-state index in [4.69, 9.17) is 4.52 Å². The first kappa shape index (κ1) is 28.4. The third kappa shape index (κ3) is 5.19. The van der Waals surface area contributed by atoms with Crippen LogP contribution in [0.3, 0.4) is 0 Å². The Morgan fingerprint density at radius 1 is 0.909 bits per heavy atom. The summed E-state index contributed by atoms with van der Waals surface area (Å²) in [5.41, 5.74) is 5.50. The van der Waals surface area contributed by atoms with Crippen molar-refractivity contribution in [3.8, 4) is 22.4 Å². The van der Waals surface area contributed by atoms with E-state index in [0.29, 0.717) is 46.1 Å². The van der Waals surface area contributed by atoms with Crippen molar-refractivity contribution in [2.24, 2.45) is 14.1 Å². The lowest BCUT2D eigenvalue weighted by Gasteiger charge is -2.12. The average Bonchev–Trinajstić information content (AvgIpc) is 3.66. The number of hydrogen-bond donors (Lipinski definition) is 2. The second kappa shape index (κ2) is 11.2. The third-order valence-corrected chi connectivity index (χ3v) is 7.47. The summed E-state index contributed by atoms with van der Waals surface area (Å²) in [5.74, 6) is 0.269. The van der Waals surface area contributed by atoms with Crippen molar-refractivity contribution in [3.05, 3.63) is 106 Å². The van der Waals surface area contributed by atoms with E-state index in [0.717, 1.165) is 22.2 Å². The number of aromatic nitrogens is 5. The Balaban J connectivity index is 1.32. The summed E-state index contributed by atoms with van der Waals surface area (Å²) in [7, 11) is 3.36. The summed E-state index contributed by atoms with van der Waals surface area (Å²) in [6.07, 6.45) is 1.74. The van der Waals surface area contributed by atoms with Gasteiger partial charge in [0.2, 0.25) is 0 Å². The predicted molar refractivity (Wildman–Crippen MR) is 169 cm³/mol. The van der Waals surface area contributed by atoms with Crippen LogP contribution >= 0.6 is 0 Å². The molecule has 2 aromatic carbocycles. The quantitative estimate of drug-likeness (QED) is 0.252. The second-order valence-corrected chi connectivity index (χ2v) is 10.6. The average molecular weight is 590 g/mol. The Hall–Kier alpha value is -5.71. The highest BCUT2D eigenvalue weighted by Gasteiger charge is 2.21. The minimum atomic E-state index is -0.387. The number of benzene rings is 2. The van der Waals surface area contributed by atoms with Gasteiger partial charge in [0.15, 0.2) is 11.5 Å². The predicted octanol–water partition coefficient (Wildman–Crippen LogP) is 5.54. The van der Waals surface area contributed by atoms with Crippen LogP contribution in [0.4, 0.5) is 11.5 Å². The molecule has 0 bridgehead atoms. The van der Waals surface area contributed by atoms with E-state index in [1.807, 2.05) is 50.2 Å². The second-order valence-electron chi connectivity index (χ2n) is 10.6. The SMILES string of the molecule is CCn1c(-c2ccc(-c3c(C)on(C)c3=O)cc2)cc2cc(C)nc(C(=O)Nc3cccc(C(=O)Nc4ccn(C)n4)c3)c21. The number of rotatable bonds is 7. The number of anilines is 2. The lowest BCUT2D eigenvalue weighted by molar-refractivity contribution is 0.101. The molecule has 0 spiro atoms. The number of carbonyl (C=O) groups is 2. The molecule has 0 aliphatic heterocycles. The molecule has 2 amide bonds. The Labute approximate surface area is 252 Å². The van der Waals surface area contributed by atoms with Gasteiger partial charge in [-0.3, -0.25) is 19.1 Å². The molecule has 11 nitrogen and oxygen atoms in total. The van der Waals surface area contributed by atoms with E-state index in [2.05, 4.69) is 25.3 Å². The van der Waals surface area contributed by atoms with Crippen LogP contribution in [0.15, 0.2) is 82.2 Å². The van der Waals surface area contributed by atoms with Gasteiger partial charge in [0.1, 0.15) is 5.76 Å². The largest absolute Gasteiger partial charge is 0.381 e. The van der Waals surface area contributed by atoms with Crippen molar-refractivity contribution in [2.45, 2.75) is 27.3 Å². The summed E-state index contributed by atoms with van der Waals surface area (Å²) in [6.45, 7) is 6.23. The van der Waals surface area contributed by atoms with E-state index in [1.165, 1.54) is 4.74 Å². The highest BCUT2D eigenvalue weighted by molar-refractivity contribution is 6.12. The number of nitrogens with one attached hydrogen (secondary N) is 2. The maximum atomic E-state index is 13.7. The van der Waals surface area contributed by atoms with Crippen LogP contribution in [-0.2, 0) is 20.6 Å². The Kier molecular flexibility index (Phi) is 7.22. The standard InChI is InChI=1S/C33H31N7O4/c1-6-40-26(21-10-12-22(13-11-21)28-20(3)44-39(5)33(28)43)18-24-16-19(2)34-29(30(24)40)32(42)35-25-9-7-8-23(17-25)31(41)36-27-14-15-38(4)37-27/h7-18H,6H2,1-5H3,(H,35,42)(H,36,37,41). The molecule has 0 atom stereocenters. The smallest absolute Gasteiger partial charge is 0.290 e. The lowest BCUT2D eigenvalue weighted by Crippen LogP contribution is -2.17. The number of amides is 2. The molecule has 44 heavy (non-hydrogen) atoms. The Morgan fingerprint density at radius 3 is 2.32 bits per heavy atom. The van der Waals surface area contributed by atoms with Crippen molar-refractivity contribution in [1.82, 2.24) is 24.1 Å². The molecule has 0 saturated heterocycles. The maximum absolute atomic E-state index is 13.7. The van der Waals surface area contributed by atoms with Gasteiger partial charge in [0.25, 0.3) is 17.4 Å². The fourth-order valence-corrected chi connectivity index (χ4v) is 5.49. The van der Waals surface area contributed by atoms with E-state index in [-0.39, 0.29) is 23.1 Å². The molecule has 4 heterocycles. The molecular formula is C33H31N7O4.